The number of methoxy groups -OCH3 is 2. The molecule has 2 aromatic carbocycles. The molecule has 0 heterocycles. The van der Waals surface area contributed by atoms with E-state index in [1.807, 2.05) is 38.1 Å². The average Bonchev–Trinajstić information content (AvgIpc) is 2.87. The number of aromatic hydroxyl groups is 1. The predicted octanol–water partition coefficient (Wildman–Crippen LogP) is 8.11. The lowest BCUT2D eigenvalue weighted by Gasteiger charge is -2.28. The van der Waals surface area contributed by atoms with Gasteiger partial charge >= 0.3 is 0 Å². The molecular formula is C31H46O5. The molecule has 0 bridgehead atoms. The fourth-order valence-corrected chi connectivity index (χ4v) is 4.47. The Kier molecular flexibility index (Phi) is 13.3. The zero-order chi connectivity index (χ0) is 26.3. The van der Waals surface area contributed by atoms with Gasteiger partial charge in [0, 0.05) is 6.61 Å². The lowest BCUT2D eigenvalue weighted by Crippen LogP contribution is -2.25. The number of phenols is 1. The third-order valence-electron chi connectivity index (χ3n) is 6.46. The van der Waals surface area contributed by atoms with Crippen LogP contribution in [0.1, 0.15) is 88.0 Å². The molecule has 0 radical (unpaired) electrons. The van der Waals surface area contributed by atoms with Crippen molar-refractivity contribution in [2.45, 2.75) is 90.8 Å². The molecule has 36 heavy (non-hydrogen) atoms. The maximum absolute atomic E-state index is 10.1. The van der Waals surface area contributed by atoms with E-state index in [1.165, 1.54) is 38.5 Å². The van der Waals surface area contributed by atoms with Crippen LogP contribution in [0.3, 0.4) is 0 Å². The van der Waals surface area contributed by atoms with Gasteiger partial charge in [0.1, 0.15) is 12.2 Å². The van der Waals surface area contributed by atoms with Gasteiger partial charge in [-0.05, 0) is 61.6 Å². The SMILES string of the molecule is C=CCc1cc(C)c(OC(C)C(OCCCCCCCCCC)c2ccc(O)c(OC)c2)c(OC)c1. The first-order chi connectivity index (χ1) is 17.4. The van der Waals surface area contributed by atoms with Crippen molar-refractivity contribution in [1.29, 1.82) is 0 Å². The van der Waals surface area contributed by atoms with E-state index in [0.29, 0.717) is 23.9 Å². The number of aryl methyl sites for hydroxylation is 1. The zero-order valence-electron chi connectivity index (χ0n) is 23.0. The van der Waals surface area contributed by atoms with Crippen molar-refractivity contribution < 1.29 is 24.1 Å². The second-order valence-corrected chi connectivity index (χ2v) is 9.46. The fraction of sp³-hybridized carbons (Fsp3) is 0.548. The Bertz CT molecular complexity index is 923. The summed E-state index contributed by atoms with van der Waals surface area (Å²) in [5.41, 5.74) is 3.03. The first kappa shape index (κ1) is 29.6. The number of allylic oxidation sites excluding steroid dienone is 1. The average molecular weight is 499 g/mol. The molecule has 0 aliphatic rings. The zero-order valence-corrected chi connectivity index (χ0v) is 23.0. The van der Waals surface area contributed by atoms with Crippen LogP contribution >= 0.6 is 0 Å². The van der Waals surface area contributed by atoms with Gasteiger partial charge in [0.05, 0.1) is 14.2 Å². The molecule has 2 rings (SSSR count). The van der Waals surface area contributed by atoms with Gasteiger partial charge in [-0.3, -0.25) is 0 Å². The molecule has 200 valence electrons. The van der Waals surface area contributed by atoms with Crippen molar-refractivity contribution in [3.8, 4) is 23.0 Å². The summed E-state index contributed by atoms with van der Waals surface area (Å²) in [6.45, 7) is 10.8. The largest absolute Gasteiger partial charge is 0.504 e. The van der Waals surface area contributed by atoms with Crippen LogP contribution in [0, 0.1) is 6.92 Å². The number of benzene rings is 2. The van der Waals surface area contributed by atoms with Crippen LogP contribution in [0.25, 0.3) is 0 Å². The topological polar surface area (TPSA) is 57.2 Å². The van der Waals surface area contributed by atoms with E-state index in [1.54, 1.807) is 20.3 Å². The van der Waals surface area contributed by atoms with E-state index in [-0.39, 0.29) is 18.0 Å². The summed E-state index contributed by atoms with van der Waals surface area (Å²) < 4.78 is 23.9. The molecule has 0 aromatic heterocycles. The second-order valence-electron chi connectivity index (χ2n) is 9.46. The Morgan fingerprint density at radius 1 is 0.917 bits per heavy atom. The number of hydrogen-bond acceptors (Lipinski definition) is 5. The normalized spacial score (nSPS) is 12.7. The summed E-state index contributed by atoms with van der Waals surface area (Å²) in [5.74, 6) is 1.93. The quantitative estimate of drug-likeness (QED) is 0.166. The van der Waals surface area contributed by atoms with Gasteiger partial charge < -0.3 is 24.1 Å². The van der Waals surface area contributed by atoms with E-state index >= 15 is 0 Å². The number of ether oxygens (including phenoxy) is 4. The highest BCUT2D eigenvalue weighted by Crippen LogP contribution is 2.37. The molecule has 5 heteroatoms. The number of hydrogen-bond donors (Lipinski definition) is 1. The highest BCUT2D eigenvalue weighted by atomic mass is 16.6. The van der Waals surface area contributed by atoms with Crippen molar-refractivity contribution in [1.82, 2.24) is 0 Å². The predicted molar refractivity (Wildman–Crippen MR) is 148 cm³/mol. The third-order valence-corrected chi connectivity index (χ3v) is 6.46. The van der Waals surface area contributed by atoms with Gasteiger partial charge in [0.25, 0.3) is 0 Å². The summed E-state index contributed by atoms with van der Waals surface area (Å²) in [7, 11) is 3.21. The molecule has 0 aliphatic heterocycles. The van der Waals surface area contributed by atoms with Crippen molar-refractivity contribution in [3.05, 3.63) is 59.7 Å². The summed E-state index contributed by atoms with van der Waals surface area (Å²) in [6, 6.07) is 9.44. The Labute approximate surface area is 218 Å². The number of phenolic OH excluding ortho intramolecular Hbond substituents is 1. The molecule has 0 saturated heterocycles. The molecule has 1 N–H and O–H groups in total. The Balaban J connectivity index is 2.13. The highest BCUT2D eigenvalue weighted by molar-refractivity contribution is 5.49. The summed E-state index contributed by atoms with van der Waals surface area (Å²) in [6.07, 6.45) is 12.0. The van der Waals surface area contributed by atoms with Crippen molar-refractivity contribution in [2.24, 2.45) is 0 Å². The lowest BCUT2D eigenvalue weighted by atomic mass is 10.0. The van der Waals surface area contributed by atoms with E-state index in [4.69, 9.17) is 18.9 Å². The molecule has 5 nitrogen and oxygen atoms in total. The Morgan fingerprint density at radius 3 is 2.22 bits per heavy atom. The van der Waals surface area contributed by atoms with Gasteiger partial charge in [0.2, 0.25) is 0 Å². The van der Waals surface area contributed by atoms with Crippen LogP contribution in [0.4, 0.5) is 0 Å². The van der Waals surface area contributed by atoms with Crippen LogP contribution in [-0.4, -0.2) is 32.0 Å². The molecular weight excluding hydrogens is 452 g/mol. The third kappa shape index (κ3) is 9.09. The monoisotopic (exact) mass is 498 g/mol. The standard InChI is InChI=1S/C31H46O5/c1-7-9-10-11-12-13-14-15-19-35-31(26-17-18-27(32)28(22-26)33-5)24(4)36-30-23(3)20-25(16-8-2)21-29(30)34-6/h8,17-18,20-22,24,31-32H,2,7,9-16,19H2,1,3-6H3. The molecule has 2 unspecified atom stereocenters. The van der Waals surface area contributed by atoms with E-state index in [0.717, 1.165) is 36.0 Å². The van der Waals surface area contributed by atoms with Crippen LogP contribution in [0.15, 0.2) is 43.0 Å². The van der Waals surface area contributed by atoms with Gasteiger partial charge in [-0.1, -0.05) is 70.1 Å². The van der Waals surface area contributed by atoms with Gasteiger partial charge in [-0.15, -0.1) is 6.58 Å². The molecule has 2 atom stereocenters. The van der Waals surface area contributed by atoms with Crippen molar-refractivity contribution in [2.75, 3.05) is 20.8 Å². The van der Waals surface area contributed by atoms with Crippen LogP contribution < -0.4 is 14.2 Å². The minimum Gasteiger partial charge on any atom is -0.504 e. The summed E-state index contributed by atoms with van der Waals surface area (Å²) in [5, 5.41) is 10.1. The molecule has 0 aliphatic carbocycles. The van der Waals surface area contributed by atoms with Gasteiger partial charge in [-0.25, -0.2) is 0 Å². The van der Waals surface area contributed by atoms with Crippen LogP contribution in [0.2, 0.25) is 0 Å². The first-order valence-electron chi connectivity index (χ1n) is 13.4. The molecule has 0 amide bonds. The highest BCUT2D eigenvalue weighted by Gasteiger charge is 2.25. The van der Waals surface area contributed by atoms with E-state index < -0.39 is 0 Å². The Morgan fingerprint density at radius 2 is 1.58 bits per heavy atom. The minimum atomic E-state index is -0.332. The fourth-order valence-electron chi connectivity index (χ4n) is 4.47. The van der Waals surface area contributed by atoms with Crippen LogP contribution in [0.5, 0.6) is 23.0 Å². The second kappa shape index (κ2) is 16.2. The van der Waals surface area contributed by atoms with Crippen LogP contribution in [-0.2, 0) is 11.2 Å². The summed E-state index contributed by atoms with van der Waals surface area (Å²) in [4.78, 5) is 0. The molecule has 0 fully saturated rings. The summed E-state index contributed by atoms with van der Waals surface area (Å²) >= 11 is 0. The lowest BCUT2D eigenvalue weighted by molar-refractivity contribution is -0.0229. The smallest absolute Gasteiger partial charge is 0.164 e. The van der Waals surface area contributed by atoms with Crippen molar-refractivity contribution in [3.63, 3.8) is 0 Å². The van der Waals surface area contributed by atoms with Gasteiger partial charge in [-0.2, -0.15) is 0 Å². The molecule has 0 spiro atoms. The maximum atomic E-state index is 10.1. The van der Waals surface area contributed by atoms with E-state index in [2.05, 4.69) is 19.6 Å². The minimum absolute atomic E-state index is 0.104. The van der Waals surface area contributed by atoms with Crippen molar-refractivity contribution >= 4 is 0 Å². The van der Waals surface area contributed by atoms with E-state index in [9.17, 15) is 5.11 Å². The number of unbranched alkanes of at least 4 members (excludes halogenated alkanes) is 7. The molecule has 0 saturated carbocycles. The Hall–Kier alpha value is -2.66. The maximum Gasteiger partial charge on any atom is 0.164 e. The van der Waals surface area contributed by atoms with Gasteiger partial charge in [0.15, 0.2) is 23.0 Å². The molecule has 2 aromatic rings. The first-order valence-corrected chi connectivity index (χ1v) is 13.4. The number of rotatable bonds is 18.